The number of nitrogens with one attached hydrogen (secondary N) is 1. The van der Waals surface area contributed by atoms with Crippen LogP contribution in [0.15, 0.2) is 30.3 Å². The zero-order valence-electron chi connectivity index (χ0n) is 13.3. The van der Waals surface area contributed by atoms with Gasteiger partial charge in [-0.2, -0.15) is 0 Å². The number of hydrogen-bond donors (Lipinski definition) is 2. The maximum absolute atomic E-state index is 12.6. The second-order valence-electron chi connectivity index (χ2n) is 6.62. The van der Waals surface area contributed by atoms with Gasteiger partial charge in [0.2, 0.25) is 5.91 Å². The summed E-state index contributed by atoms with van der Waals surface area (Å²) >= 11 is 0. The molecule has 3 rings (SSSR count). The second-order valence-corrected chi connectivity index (χ2v) is 6.62. The van der Waals surface area contributed by atoms with Gasteiger partial charge in [0.05, 0.1) is 6.61 Å². The van der Waals surface area contributed by atoms with Crippen molar-refractivity contribution in [2.24, 2.45) is 11.8 Å². The molecule has 3 atom stereocenters. The second kappa shape index (κ2) is 7.13. The van der Waals surface area contributed by atoms with E-state index in [1.165, 1.54) is 25.7 Å². The van der Waals surface area contributed by atoms with Crippen LogP contribution in [0.25, 0.3) is 0 Å². The fraction of sp³-hybridized carbons (Fsp3) is 0.556. The summed E-state index contributed by atoms with van der Waals surface area (Å²) in [5.74, 6) is 0.703. The van der Waals surface area contributed by atoms with Crippen LogP contribution in [-0.2, 0) is 4.79 Å². The van der Waals surface area contributed by atoms with Crippen molar-refractivity contribution in [2.75, 3.05) is 19.7 Å². The van der Waals surface area contributed by atoms with Crippen molar-refractivity contribution in [1.82, 2.24) is 10.2 Å². The quantitative estimate of drug-likeness (QED) is 0.883. The summed E-state index contributed by atoms with van der Waals surface area (Å²) in [4.78, 5) is 26.7. The number of aliphatic hydroxyl groups is 1. The minimum Gasteiger partial charge on any atom is -0.394 e. The van der Waals surface area contributed by atoms with Crippen LogP contribution in [0, 0.1) is 11.8 Å². The molecule has 0 spiro atoms. The molecular weight excluding hydrogens is 292 g/mol. The highest BCUT2D eigenvalue weighted by Crippen LogP contribution is 2.36. The van der Waals surface area contributed by atoms with Crippen LogP contribution in [0.1, 0.15) is 36.0 Å². The van der Waals surface area contributed by atoms with Crippen LogP contribution in [0.4, 0.5) is 0 Å². The Balaban J connectivity index is 1.62. The van der Waals surface area contributed by atoms with Crippen LogP contribution in [0.2, 0.25) is 0 Å². The van der Waals surface area contributed by atoms with E-state index in [4.69, 9.17) is 0 Å². The number of likely N-dealkylation sites (tertiary alicyclic amines) is 1. The summed E-state index contributed by atoms with van der Waals surface area (Å²) < 4.78 is 0. The molecule has 0 bridgehead atoms. The fourth-order valence-corrected chi connectivity index (χ4v) is 3.82. The van der Waals surface area contributed by atoms with E-state index < -0.39 is 6.04 Å². The number of fused-ring (bicyclic) bond motifs is 1. The number of carbonyl (C=O) groups excluding carboxylic acids is 2. The highest BCUT2D eigenvalue weighted by atomic mass is 16.3. The maximum Gasteiger partial charge on any atom is 0.251 e. The van der Waals surface area contributed by atoms with Crippen LogP contribution in [0.5, 0.6) is 0 Å². The lowest BCUT2D eigenvalue weighted by Gasteiger charge is -2.23. The van der Waals surface area contributed by atoms with E-state index in [0.717, 1.165) is 13.1 Å². The fourth-order valence-electron chi connectivity index (χ4n) is 3.82. The summed E-state index contributed by atoms with van der Waals surface area (Å²) in [5, 5.41) is 12.2. The summed E-state index contributed by atoms with van der Waals surface area (Å²) in [7, 11) is 0. The van der Waals surface area contributed by atoms with Gasteiger partial charge in [-0.3, -0.25) is 9.59 Å². The average Bonchev–Trinajstić information content (AvgIpc) is 3.03. The third-order valence-electron chi connectivity index (χ3n) is 5.11. The van der Waals surface area contributed by atoms with Crippen molar-refractivity contribution in [2.45, 2.75) is 31.7 Å². The smallest absolute Gasteiger partial charge is 0.251 e. The summed E-state index contributed by atoms with van der Waals surface area (Å²) in [6.45, 7) is 1.16. The molecule has 23 heavy (non-hydrogen) atoms. The van der Waals surface area contributed by atoms with E-state index in [-0.39, 0.29) is 18.4 Å². The molecule has 0 unspecified atom stereocenters. The van der Waals surface area contributed by atoms with Crippen molar-refractivity contribution < 1.29 is 14.7 Å². The predicted molar refractivity (Wildman–Crippen MR) is 86.8 cm³/mol. The molecule has 1 heterocycles. The Labute approximate surface area is 136 Å². The molecular formula is C18H24N2O3. The van der Waals surface area contributed by atoms with Crippen LogP contribution in [-0.4, -0.2) is 47.6 Å². The van der Waals surface area contributed by atoms with E-state index in [1.807, 2.05) is 11.0 Å². The lowest BCUT2D eigenvalue weighted by Crippen LogP contribution is -2.50. The van der Waals surface area contributed by atoms with Gasteiger partial charge in [0.25, 0.3) is 5.91 Å². The summed E-state index contributed by atoms with van der Waals surface area (Å²) in [6, 6.07) is 7.91. The molecule has 5 heteroatoms. The number of nitrogens with zero attached hydrogens (tertiary/aromatic N) is 1. The largest absolute Gasteiger partial charge is 0.394 e. The Morgan fingerprint density at radius 2 is 1.74 bits per heavy atom. The molecule has 1 saturated carbocycles. The molecule has 2 fully saturated rings. The third-order valence-corrected chi connectivity index (χ3v) is 5.11. The minimum absolute atomic E-state index is 0.161. The Bertz CT molecular complexity index is 547. The van der Waals surface area contributed by atoms with E-state index >= 15 is 0 Å². The molecule has 2 N–H and O–H groups in total. The van der Waals surface area contributed by atoms with Crippen molar-refractivity contribution >= 4 is 11.8 Å². The molecule has 0 radical (unpaired) electrons. The lowest BCUT2D eigenvalue weighted by atomic mass is 9.82. The number of aliphatic hydroxyl groups excluding tert-OH is 1. The van der Waals surface area contributed by atoms with E-state index in [0.29, 0.717) is 17.4 Å². The Morgan fingerprint density at radius 3 is 2.30 bits per heavy atom. The number of carbonyl (C=O) groups is 2. The van der Waals surface area contributed by atoms with Crippen molar-refractivity contribution in [3.8, 4) is 0 Å². The monoisotopic (exact) mass is 316 g/mol. The average molecular weight is 316 g/mol. The van der Waals surface area contributed by atoms with Gasteiger partial charge in [0, 0.05) is 18.7 Å². The van der Waals surface area contributed by atoms with Crippen LogP contribution >= 0.6 is 0 Å². The lowest BCUT2D eigenvalue weighted by molar-refractivity contribution is -0.133. The third kappa shape index (κ3) is 3.55. The topological polar surface area (TPSA) is 69.6 Å². The molecule has 0 aromatic heterocycles. The molecule has 1 aromatic rings. The van der Waals surface area contributed by atoms with Gasteiger partial charge in [-0.15, -0.1) is 0 Å². The zero-order chi connectivity index (χ0) is 16.2. The van der Waals surface area contributed by atoms with E-state index in [2.05, 4.69) is 5.32 Å². The Morgan fingerprint density at radius 1 is 1.13 bits per heavy atom. The molecule has 124 valence electrons. The first-order valence-corrected chi connectivity index (χ1v) is 8.44. The Hall–Kier alpha value is -1.88. The number of benzene rings is 1. The molecule has 5 nitrogen and oxygen atoms in total. The van der Waals surface area contributed by atoms with Gasteiger partial charge in [-0.25, -0.2) is 0 Å². The molecule has 2 aliphatic rings. The van der Waals surface area contributed by atoms with Crippen LogP contribution in [0.3, 0.4) is 0 Å². The van der Waals surface area contributed by atoms with Crippen LogP contribution < -0.4 is 5.32 Å². The normalized spacial score (nSPS) is 24.8. The SMILES string of the molecule is O=C(N[C@H](CO)C(=O)N1C[C@H]2CCCC[C@@H]2C1)c1ccccc1. The number of rotatable bonds is 4. The van der Waals surface area contributed by atoms with Crippen molar-refractivity contribution in [3.63, 3.8) is 0 Å². The predicted octanol–water partition coefficient (Wildman–Crippen LogP) is 1.43. The van der Waals surface area contributed by atoms with E-state index in [9.17, 15) is 14.7 Å². The molecule has 2 amide bonds. The van der Waals surface area contributed by atoms with Crippen molar-refractivity contribution in [3.05, 3.63) is 35.9 Å². The first-order valence-electron chi connectivity index (χ1n) is 8.44. The van der Waals surface area contributed by atoms with Gasteiger partial charge in [-0.1, -0.05) is 31.0 Å². The maximum atomic E-state index is 12.6. The van der Waals surface area contributed by atoms with Gasteiger partial charge in [-0.05, 0) is 36.8 Å². The van der Waals surface area contributed by atoms with Gasteiger partial charge >= 0.3 is 0 Å². The minimum atomic E-state index is -0.858. The standard InChI is InChI=1S/C18H24N2O3/c21-12-16(19-17(22)13-6-2-1-3-7-13)18(23)20-10-14-8-4-5-9-15(14)11-20/h1-3,6-7,14-16,21H,4-5,8-12H2,(H,19,22)/t14-,15-,16-/m1/s1. The van der Waals surface area contributed by atoms with E-state index in [1.54, 1.807) is 24.3 Å². The van der Waals surface area contributed by atoms with Gasteiger partial charge < -0.3 is 15.3 Å². The highest BCUT2D eigenvalue weighted by molar-refractivity contribution is 5.97. The zero-order valence-corrected chi connectivity index (χ0v) is 13.3. The first kappa shape index (κ1) is 16.0. The highest BCUT2D eigenvalue weighted by Gasteiger charge is 2.38. The van der Waals surface area contributed by atoms with Crippen molar-refractivity contribution in [1.29, 1.82) is 0 Å². The van der Waals surface area contributed by atoms with Gasteiger partial charge in [0.1, 0.15) is 6.04 Å². The molecule has 1 aromatic carbocycles. The molecule has 1 aliphatic carbocycles. The summed E-state index contributed by atoms with van der Waals surface area (Å²) in [5.41, 5.74) is 0.494. The number of amides is 2. The first-order chi connectivity index (χ1) is 11.2. The van der Waals surface area contributed by atoms with Gasteiger partial charge in [0.15, 0.2) is 0 Å². The summed E-state index contributed by atoms with van der Waals surface area (Å²) in [6.07, 6.45) is 4.87. The molecule has 1 saturated heterocycles. The number of hydrogen-bond acceptors (Lipinski definition) is 3. The molecule has 1 aliphatic heterocycles. The Kier molecular flexibility index (Phi) is 4.96.